The molecule has 5 rings (SSSR count). The molecule has 0 spiro atoms. The van der Waals surface area contributed by atoms with Gasteiger partial charge in [0.2, 0.25) is 0 Å². The number of aromatic amines is 1. The molecule has 2 aromatic carbocycles. The van der Waals surface area contributed by atoms with Crippen LogP contribution in [0.3, 0.4) is 0 Å². The van der Waals surface area contributed by atoms with E-state index in [2.05, 4.69) is 21.5 Å². The molecule has 3 aromatic rings. The molecular formula is C24H21N5O2. The van der Waals surface area contributed by atoms with Crippen molar-refractivity contribution in [2.24, 2.45) is 7.05 Å². The lowest BCUT2D eigenvalue weighted by Crippen LogP contribution is -2.27. The van der Waals surface area contributed by atoms with E-state index in [0.717, 1.165) is 16.5 Å². The van der Waals surface area contributed by atoms with Crippen molar-refractivity contribution in [2.45, 2.75) is 6.42 Å². The summed E-state index contributed by atoms with van der Waals surface area (Å²) < 4.78 is 3.06. The molecule has 3 heterocycles. The minimum absolute atomic E-state index is 0.245. The zero-order valence-electron chi connectivity index (χ0n) is 17.0. The number of fused-ring (bicyclic) bond motifs is 2. The molecule has 0 aliphatic carbocycles. The van der Waals surface area contributed by atoms with Crippen molar-refractivity contribution in [3.63, 3.8) is 0 Å². The molecule has 0 bridgehead atoms. The van der Waals surface area contributed by atoms with E-state index in [-0.39, 0.29) is 11.5 Å². The number of benzene rings is 2. The molecule has 154 valence electrons. The van der Waals surface area contributed by atoms with E-state index in [4.69, 9.17) is 0 Å². The second-order valence-corrected chi connectivity index (χ2v) is 7.52. The molecule has 2 aliphatic heterocycles. The maximum atomic E-state index is 13.0. The van der Waals surface area contributed by atoms with Crippen LogP contribution in [0.25, 0.3) is 27.8 Å². The molecule has 31 heavy (non-hydrogen) atoms. The van der Waals surface area contributed by atoms with Gasteiger partial charge in [-0.15, -0.1) is 0 Å². The van der Waals surface area contributed by atoms with Crippen LogP contribution in [-0.4, -0.2) is 31.8 Å². The van der Waals surface area contributed by atoms with Crippen LogP contribution >= 0.6 is 0 Å². The van der Waals surface area contributed by atoms with E-state index in [1.165, 1.54) is 4.68 Å². The highest BCUT2D eigenvalue weighted by molar-refractivity contribution is 6.00. The molecule has 1 amide bonds. The standard InChI is InChI=1S/C24H21N5O2/c1-28-14-19(22-20(15-28)24(31)29(27-22)17-7-3-2-4-8-17)23(30)25-12-11-16-13-26-21-10-6-5-9-18(16)21/h2-10,13-15,26H,11-12H2,1H3,(H,25,30). The maximum absolute atomic E-state index is 13.0. The van der Waals surface area contributed by atoms with Gasteiger partial charge in [-0.1, -0.05) is 36.4 Å². The van der Waals surface area contributed by atoms with Crippen molar-refractivity contribution in [1.82, 2.24) is 24.6 Å². The number of amides is 1. The van der Waals surface area contributed by atoms with E-state index < -0.39 is 0 Å². The molecule has 0 unspecified atom stereocenters. The van der Waals surface area contributed by atoms with Crippen molar-refractivity contribution in [2.75, 3.05) is 6.54 Å². The van der Waals surface area contributed by atoms with Gasteiger partial charge in [0.05, 0.1) is 16.8 Å². The van der Waals surface area contributed by atoms with E-state index in [9.17, 15) is 9.59 Å². The van der Waals surface area contributed by atoms with E-state index in [1.807, 2.05) is 54.7 Å². The van der Waals surface area contributed by atoms with Crippen molar-refractivity contribution >= 4 is 16.8 Å². The third-order valence-corrected chi connectivity index (χ3v) is 5.40. The summed E-state index contributed by atoms with van der Waals surface area (Å²) in [7, 11) is 1.79. The Hall–Kier alpha value is -4.13. The Kier molecular flexibility index (Phi) is 4.63. The monoisotopic (exact) mass is 411 g/mol. The molecule has 0 saturated heterocycles. The van der Waals surface area contributed by atoms with Gasteiger partial charge in [-0.2, -0.15) is 9.78 Å². The first kappa shape index (κ1) is 18.9. The van der Waals surface area contributed by atoms with Crippen LogP contribution in [0, 0.1) is 0 Å². The predicted molar refractivity (Wildman–Crippen MR) is 120 cm³/mol. The number of hydrogen-bond acceptors (Lipinski definition) is 3. The number of pyridine rings is 1. The molecule has 2 aliphatic rings. The number of aromatic nitrogens is 4. The summed E-state index contributed by atoms with van der Waals surface area (Å²) in [5.41, 5.74) is 3.84. The summed E-state index contributed by atoms with van der Waals surface area (Å²) in [6.45, 7) is 0.477. The topological polar surface area (TPSA) is 84.7 Å². The average molecular weight is 411 g/mol. The van der Waals surface area contributed by atoms with Crippen LogP contribution in [0.2, 0.25) is 0 Å². The fraction of sp³-hybridized carbons (Fsp3) is 0.125. The highest BCUT2D eigenvalue weighted by atomic mass is 16.2. The largest absolute Gasteiger partial charge is 0.361 e. The second kappa shape index (κ2) is 7.60. The number of para-hydroxylation sites is 2. The number of nitrogens with zero attached hydrogens (tertiary/aromatic N) is 3. The smallest absolute Gasteiger partial charge is 0.282 e. The zero-order chi connectivity index (χ0) is 21.4. The Morgan fingerprint density at radius 2 is 1.84 bits per heavy atom. The van der Waals surface area contributed by atoms with Crippen molar-refractivity contribution in [3.8, 4) is 16.9 Å². The predicted octanol–water partition coefficient (Wildman–Crippen LogP) is 3.13. The Morgan fingerprint density at radius 3 is 2.68 bits per heavy atom. The van der Waals surface area contributed by atoms with E-state index >= 15 is 0 Å². The van der Waals surface area contributed by atoms with E-state index in [0.29, 0.717) is 35.5 Å². The summed E-state index contributed by atoms with van der Waals surface area (Å²) in [5.74, 6) is -0.251. The fourth-order valence-electron chi connectivity index (χ4n) is 3.89. The zero-order valence-corrected chi connectivity index (χ0v) is 17.0. The first-order valence-electron chi connectivity index (χ1n) is 10.1. The number of carbonyl (C=O) groups excluding carboxylic acids is 1. The van der Waals surface area contributed by atoms with Gasteiger partial charge in [0.15, 0.2) is 0 Å². The third kappa shape index (κ3) is 3.40. The highest BCUT2D eigenvalue weighted by Crippen LogP contribution is 2.22. The fourth-order valence-corrected chi connectivity index (χ4v) is 3.89. The van der Waals surface area contributed by atoms with Crippen LogP contribution in [-0.2, 0) is 13.5 Å². The lowest BCUT2D eigenvalue weighted by molar-refractivity contribution is 0.0953. The summed E-state index contributed by atoms with van der Waals surface area (Å²) in [5, 5.41) is 8.60. The highest BCUT2D eigenvalue weighted by Gasteiger charge is 2.23. The third-order valence-electron chi connectivity index (χ3n) is 5.40. The van der Waals surface area contributed by atoms with Crippen LogP contribution in [0.1, 0.15) is 15.9 Å². The first-order valence-corrected chi connectivity index (χ1v) is 10.1. The quantitative estimate of drug-likeness (QED) is 0.466. The average Bonchev–Trinajstić information content (AvgIpc) is 3.35. The van der Waals surface area contributed by atoms with Crippen LogP contribution in [0.5, 0.6) is 0 Å². The van der Waals surface area contributed by atoms with Gasteiger partial charge in [0.1, 0.15) is 5.69 Å². The minimum atomic E-state index is -0.251. The summed E-state index contributed by atoms with van der Waals surface area (Å²) in [6.07, 6.45) is 6.07. The van der Waals surface area contributed by atoms with Crippen LogP contribution in [0.15, 0.2) is 78.0 Å². The van der Waals surface area contributed by atoms with Crippen molar-refractivity contribution < 1.29 is 4.79 Å². The molecule has 0 saturated carbocycles. The first-order chi connectivity index (χ1) is 15.1. The van der Waals surface area contributed by atoms with Crippen LogP contribution < -0.4 is 10.9 Å². The molecule has 1 aromatic heterocycles. The van der Waals surface area contributed by atoms with Gasteiger partial charge < -0.3 is 14.9 Å². The Balaban J connectivity index is 1.41. The molecule has 7 nitrogen and oxygen atoms in total. The molecular weight excluding hydrogens is 390 g/mol. The number of carbonyl (C=O) groups is 1. The van der Waals surface area contributed by atoms with Gasteiger partial charge in [0, 0.05) is 43.1 Å². The van der Waals surface area contributed by atoms with E-state index in [1.54, 1.807) is 24.0 Å². The maximum Gasteiger partial charge on any atom is 0.282 e. The van der Waals surface area contributed by atoms with Crippen LogP contribution in [0.4, 0.5) is 0 Å². The number of hydrogen-bond donors (Lipinski definition) is 2. The van der Waals surface area contributed by atoms with Gasteiger partial charge in [-0.3, -0.25) is 9.59 Å². The summed E-state index contributed by atoms with van der Waals surface area (Å²) in [6, 6.07) is 17.3. The number of H-pyrrole nitrogens is 1. The van der Waals surface area contributed by atoms with Gasteiger partial charge in [0.25, 0.3) is 11.5 Å². The van der Waals surface area contributed by atoms with Gasteiger partial charge in [-0.25, -0.2) is 0 Å². The normalized spacial score (nSPS) is 11.3. The molecule has 0 atom stereocenters. The molecule has 0 fully saturated rings. The Morgan fingerprint density at radius 1 is 1.06 bits per heavy atom. The second-order valence-electron chi connectivity index (χ2n) is 7.52. The van der Waals surface area contributed by atoms with Gasteiger partial charge >= 0.3 is 0 Å². The van der Waals surface area contributed by atoms with Crippen molar-refractivity contribution in [1.29, 1.82) is 0 Å². The SMILES string of the molecule is Cn1cc(C(=O)NCCc2c[nH]c3ccccc23)c2nn(-c3ccccc3)c(=O)c-2c1. The molecule has 7 heteroatoms. The number of aryl methyl sites for hydroxylation is 1. The minimum Gasteiger partial charge on any atom is -0.361 e. The molecule has 0 radical (unpaired) electrons. The van der Waals surface area contributed by atoms with Crippen molar-refractivity contribution in [3.05, 3.63) is 94.7 Å². The lowest BCUT2D eigenvalue weighted by Gasteiger charge is -2.10. The summed E-state index contributed by atoms with van der Waals surface area (Å²) in [4.78, 5) is 29.1. The summed E-state index contributed by atoms with van der Waals surface area (Å²) >= 11 is 0. The lowest BCUT2D eigenvalue weighted by atomic mass is 10.1. The Labute approximate surface area is 178 Å². The number of rotatable bonds is 5. The molecule has 2 N–H and O–H groups in total. The van der Waals surface area contributed by atoms with Gasteiger partial charge in [-0.05, 0) is 30.2 Å². The number of nitrogens with one attached hydrogen (secondary N) is 2. The Bertz CT molecular complexity index is 1410.